The molecule has 1 saturated heterocycles. The molecule has 1 aliphatic heterocycles. The Morgan fingerprint density at radius 3 is 1.44 bits per heavy atom. The minimum Gasteiger partial charge on any atom is -0.872 e. The van der Waals surface area contributed by atoms with Crippen LogP contribution in [0, 0.1) is 13.8 Å². The van der Waals surface area contributed by atoms with Crippen LogP contribution >= 0.6 is 0 Å². The minimum atomic E-state index is 0. The predicted octanol–water partition coefficient (Wildman–Crippen LogP) is 1.77. The molecule has 0 amide bonds. The van der Waals surface area contributed by atoms with Crippen LogP contribution in [0.5, 0.6) is 11.5 Å². The van der Waals surface area contributed by atoms with Gasteiger partial charge in [-0.1, -0.05) is 47.5 Å². The van der Waals surface area contributed by atoms with E-state index >= 15 is 0 Å². The average Bonchev–Trinajstić information content (AvgIpc) is 2.56. The smallest absolute Gasteiger partial charge is 0.872 e. The van der Waals surface area contributed by atoms with Crippen molar-refractivity contribution in [3.63, 3.8) is 0 Å². The third-order valence-corrected chi connectivity index (χ3v) is 4.68. The van der Waals surface area contributed by atoms with Gasteiger partial charge in [0, 0.05) is 39.3 Å². The van der Waals surface area contributed by atoms with Crippen LogP contribution in [0.25, 0.3) is 0 Å². The maximum atomic E-state index is 11.9. The monoisotopic (exact) mass is 387 g/mol. The van der Waals surface area contributed by atoms with Gasteiger partial charge in [0.15, 0.2) is 0 Å². The molecule has 25 heavy (non-hydrogen) atoms. The van der Waals surface area contributed by atoms with Crippen LogP contribution in [0.3, 0.4) is 0 Å². The quantitative estimate of drug-likeness (QED) is 0.750. The molecule has 0 aromatic heterocycles. The van der Waals surface area contributed by atoms with Crippen LogP contribution in [0.1, 0.15) is 22.3 Å². The van der Waals surface area contributed by atoms with Gasteiger partial charge in [0.1, 0.15) is 0 Å². The molecule has 1 heterocycles. The maximum Gasteiger partial charge on any atom is 2.00 e. The molecule has 0 N–H and O–H groups in total. The Bertz CT molecular complexity index is 651. The van der Waals surface area contributed by atoms with Crippen LogP contribution in [0.2, 0.25) is 0 Å². The van der Waals surface area contributed by atoms with Gasteiger partial charge in [-0.25, -0.2) is 0 Å². The van der Waals surface area contributed by atoms with E-state index in [0.717, 1.165) is 48.4 Å². The molecule has 4 nitrogen and oxygen atoms in total. The van der Waals surface area contributed by atoms with Crippen molar-refractivity contribution in [2.75, 3.05) is 26.2 Å². The Balaban J connectivity index is 0.00000225. The summed E-state index contributed by atoms with van der Waals surface area (Å²) in [6.07, 6.45) is 0. The normalized spacial score (nSPS) is 15.8. The van der Waals surface area contributed by atoms with Crippen molar-refractivity contribution in [3.8, 4) is 11.5 Å². The van der Waals surface area contributed by atoms with Crippen molar-refractivity contribution in [1.82, 2.24) is 9.80 Å². The molecule has 2 aromatic carbocycles. The van der Waals surface area contributed by atoms with Gasteiger partial charge in [0.2, 0.25) is 0 Å². The number of aryl methyl sites for hydroxylation is 2. The van der Waals surface area contributed by atoms with E-state index in [4.69, 9.17) is 0 Å². The zero-order chi connectivity index (χ0) is 17.1. The largest absolute Gasteiger partial charge is 2.00 e. The molecule has 0 aliphatic carbocycles. The standard InChI is InChI=1S/C20H26N2O2.Cu/c1-15-3-5-19(23)17(11-15)13-21-7-9-22(10-8-21)14-18-12-16(2)4-6-20(18)24;/h3-6,11-12,23-24H,7-10,13-14H2,1-2H3;/q;+2/p-2. The summed E-state index contributed by atoms with van der Waals surface area (Å²) in [6.45, 7) is 9.16. The van der Waals surface area contributed by atoms with E-state index in [0.29, 0.717) is 13.1 Å². The molecule has 1 fully saturated rings. The minimum absolute atomic E-state index is 0. The predicted molar refractivity (Wildman–Crippen MR) is 91.8 cm³/mol. The third-order valence-electron chi connectivity index (χ3n) is 4.68. The first-order chi connectivity index (χ1) is 11.5. The van der Waals surface area contributed by atoms with Crippen molar-refractivity contribution < 1.29 is 27.3 Å². The van der Waals surface area contributed by atoms with Gasteiger partial charge >= 0.3 is 17.1 Å². The van der Waals surface area contributed by atoms with Crippen LogP contribution < -0.4 is 10.2 Å². The first kappa shape index (κ1) is 19.8. The van der Waals surface area contributed by atoms with Gasteiger partial charge in [-0.3, -0.25) is 9.80 Å². The number of piperazine rings is 1. The Labute approximate surface area is 160 Å². The number of benzene rings is 2. The van der Waals surface area contributed by atoms with Crippen LogP contribution in [-0.2, 0) is 30.2 Å². The molecule has 0 unspecified atom stereocenters. The number of hydrogen-bond donors (Lipinski definition) is 0. The second kappa shape index (κ2) is 8.72. The second-order valence-electron chi connectivity index (χ2n) is 6.77. The molecule has 1 radical (unpaired) electrons. The van der Waals surface area contributed by atoms with E-state index in [9.17, 15) is 10.2 Å². The van der Waals surface area contributed by atoms with Gasteiger partial charge < -0.3 is 10.2 Å². The molecule has 3 rings (SSSR count). The van der Waals surface area contributed by atoms with Crippen LogP contribution in [0.4, 0.5) is 0 Å². The molecule has 0 saturated carbocycles. The fourth-order valence-corrected chi connectivity index (χ4v) is 3.25. The number of hydrogen-bond acceptors (Lipinski definition) is 4. The molecule has 0 bridgehead atoms. The molecule has 5 heteroatoms. The fourth-order valence-electron chi connectivity index (χ4n) is 3.25. The average molecular weight is 388 g/mol. The van der Waals surface area contributed by atoms with E-state index in [2.05, 4.69) is 9.80 Å². The summed E-state index contributed by atoms with van der Waals surface area (Å²) in [5.41, 5.74) is 4.02. The number of rotatable bonds is 4. The molecular formula is C20H24CuN2O2. The van der Waals surface area contributed by atoms with E-state index in [-0.39, 0.29) is 28.6 Å². The van der Waals surface area contributed by atoms with Gasteiger partial charge in [0.25, 0.3) is 0 Å². The first-order valence-corrected chi connectivity index (χ1v) is 8.49. The molecule has 137 valence electrons. The van der Waals surface area contributed by atoms with Crippen LogP contribution in [0.15, 0.2) is 36.4 Å². The summed E-state index contributed by atoms with van der Waals surface area (Å²) >= 11 is 0. The first-order valence-electron chi connectivity index (χ1n) is 8.49. The summed E-state index contributed by atoms with van der Waals surface area (Å²) in [7, 11) is 0. The zero-order valence-corrected chi connectivity index (χ0v) is 15.7. The molecule has 0 spiro atoms. The zero-order valence-electron chi connectivity index (χ0n) is 14.7. The van der Waals surface area contributed by atoms with Crippen LogP contribution in [-0.4, -0.2) is 36.0 Å². The Kier molecular flexibility index (Phi) is 6.91. The maximum absolute atomic E-state index is 11.9. The summed E-state index contributed by atoms with van der Waals surface area (Å²) in [4.78, 5) is 4.64. The summed E-state index contributed by atoms with van der Waals surface area (Å²) in [6, 6.07) is 11.0. The van der Waals surface area contributed by atoms with Crippen molar-refractivity contribution >= 4 is 0 Å². The Morgan fingerprint density at radius 2 is 1.08 bits per heavy atom. The number of nitrogens with zero attached hydrogens (tertiary/aromatic N) is 2. The van der Waals surface area contributed by atoms with Crippen molar-refractivity contribution in [1.29, 1.82) is 0 Å². The SMILES string of the molecule is Cc1ccc([O-])c(CN2CCN(Cc3cc(C)ccc3[O-])CC2)c1.[Cu+2]. The van der Waals surface area contributed by atoms with Gasteiger partial charge in [-0.2, -0.15) is 0 Å². The van der Waals surface area contributed by atoms with Gasteiger partial charge in [-0.05, 0) is 25.0 Å². The molecular weight excluding hydrogens is 364 g/mol. The van der Waals surface area contributed by atoms with Crippen molar-refractivity contribution in [2.45, 2.75) is 26.9 Å². The molecule has 2 aromatic rings. The van der Waals surface area contributed by atoms with Crippen molar-refractivity contribution in [3.05, 3.63) is 58.7 Å². The topological polar surface area (TPSA) is 52.6 Å². The molecule has 0 atom stereocenters. The summed E-state index contributed by atoms with van der Waals surface area (Å²) in [5, 5.41) is 23.9. The third kappa shape index (κ3) is 5.22. The summed E-state index contributed by atoms with van der Waals surface area (Å²) < 4.78 is 0. The van der Waals surface area contributed by atoms with E-state index in [1.54, 1.807) is 12.1 Å². The fraction of sp³-hybridized carbons (Fsp3) is 0.400. The summed E-state index contributed by atoms with van der Waals surface area (Å²) in [5.74, 6) is 0.248. The van der Waals surface area contributed by atoms with Crippen molar-refractivity contribution in [2.24, 2.45) is 0 Å². The Morgan fingerprint density at radius 1 is 0.720 bits per heavy atom. The van der Waals surface area contributed by atoms with E-state index in [1.807, 2.05) is 38.1 Å². The van der Waals surface area contributed by atoms with Gasteiger partial charge in [0.05, 0.1) is 0 Å². The second-order valence-corrected chi connectivity index (χ2v) is 6.77. The van der Waals surface area contributed by atoms with Gasteiger partial charge in [-0.15, -0.1) is 11.5 Å². The van der Waals surface area contributed by atoms with E-state index < -0.39 is 0 Å². The molecule has 1 aliphatic rings. The Hall–Kier alpha value is -1.52. The van der Waals surface area contributed by atoms with E-state index in [1.165, 1.54) is 0 Å².